The van der Waals surface area contributed by atoms with Gasteiger partial charge in [0.25, 0.3) is 0 Å². The molecule has 0 aromatic carbocycles. The number of rotatable bonds is 0. The number of nitrogens with zero attached hydrogens (tertiary/aromatic N) is 10. The van der Waals surface area contributed by atoms with E-state index in [0.29, 0.717) is 5.65 Å². The summed E-state index contributed by atoms with van der Waals surface area (Å²) in [4.78, 5) is 34.4. The zero-order valence-corrected chi connectivity index (χ0v) is 40.6. The van der Waals surface area contributed by atoms with Gasteiger partial charge in [-0.2, -0.15) is 15.3 Å². The van der Waals surface area contributed by atoms with Gasteiger partial charge >= 0.3 is 0 Å². The lowest BCUT2D eigenvalue weighted by Gasteiger charge is -2.16. The fraction of sp³-hybridized carbons (Fsp3) is 0.400. The van der Waals surface area contributed by atoms with Crippen molar-refractivity contribution in [1.29, 1.82) is 0 Å². The molecule has 65 heavy (non-hydrogen) atoms. The van der Waals surface area contributed by atoms with Crippen molar-refractivity contribution in [2.45, 2.75) is 131 Å². The van der Waals surface area contributed by atoms with Crippen LogP contribution in [0.1, 0.15) is 132 Å². The van der Waals surface area contributed by atoms with Crippen molar-refractivity contribution in [2.24, 2.45) is 0 Å². The lowest BCUT2D eigenvalue weighted by atomic mass is 9.87. The molecule has 10 rings (SSSR count). The fourth-order valence-corrected chi connectivity index (χ4v) is 7.25. The Hall–Kier alpha value is -6.90. The quantitative estimate of drug-likeness (QED) is 0.0973. The molecular formula is C50H65N15. The van der Waals surface area contributed by atoms with E-state index in [0.717, 1.165) is 50.3 Å². The first-order valence-corrected chi connectivity index (χ1v) is 21.9. The van der Waals surface area contributed by atoms with Crippen LogP contribution in [0.25, 0.3) is 55.3 Å². The van der Waals surface area contributed by atoms with E-state index in [-0.39, 0.29) is 27.1 Å². The third kappa shape index (κ3) is 11.4. The van der Waals surface area contributed by atoms with Crippen LogP contribution in [0.2, 0.25) is 0 Å². The van der Waals surface area contributed by atoms with Crippen LogP contribution >= 0.6 is 0 Å². The highest BCUT2D eigenvalue weighted by Crippen LogP contribution is 2.31. The minimum absolute atomic E-state index is 0.0325. The summed E-state index contributed by atoms with van der Waals surface area (Å²) in [6, 6.07) is 10.1. The summed E-state index contributed by atoms with van der Waals surface area (Å²) in [5, 5.41) is 26.7. The van der Waals surface area contributed by atoms with Crippen LogP contribution in [-0.4, -0.2) is 75.4 Å². The van der Waals surface area contributed by atoms with E-state index in [1.807, 2.05) is 49.1 Å². The molecule has 10 aromatic heterocycles. The summed E-state index contributed by atoms with van der Waals surface area (Å²) in [7, 11) is 0. The Balaban J connectivity index is 0.000000135. The molecule has 5 N–H and O–H groups in total. The molecule has 0 unspecified atom stereocenters. The summed E-state index contributed by atoms with van der Waals surface area (Å²) in [5.74, 6) is 0. The van der Waals surface area contributed by atoms with Gasteiger partial charge in [0, 0.05) is 81.9 Å². The Morgan fingerprint density at radius 1 is 0.415 bits per heavy atom. The van der Waals surface area contributed by atoms with Crippen LogP contribution in [0.4, 0.5) is 0 Å². The zero-order valence-electron chi connectivity index (χ0n) is 40.6. The van der Waals surface area contributed by atoms with E-state index < -0.39 is 0 Å². The average molecular weight is 876 g/mol. The van der Waals surface area contributed by atoms with Gasteiger partial charge in [0.1, 0.15) is 23.1 Å². The van der Waals surface area contributed by atoms with Gasteiger partial charge in [0.05, 0.1) is 17.6 Å². The Morgan fingerprint density at radius 3 is 1.52 bits per heavy atom. The van der Waals surface area contributed by atoms with E-state index in [4.69, 9.17) is 0 Å². The number of H-pyrrole nitrogens is 5. The second-order valence-electron chi connectivity index (χ2n) is 21.1. The average Bonchev–Trinajstić information content (AvgIpc) is 4.08. The number of pyridine rings is 2. The highest BCUT2D eigenvalue weighted by Gasteiger charge is 2.22. The number of nitrogens with one attached hydrogen (secondary N) is 5. The number of aromatic nitrogens is 15. The lowest BCUT2D eigenvalue weighted by molar-refractivity contribution is 0.570. The molecule has 10 aromatic rings. The van der Waals surface area contributed by atoms with Crippen LogP contribution in [-0.2, 0) is 27.1 Å². The Labute approximate surface area is 381 Å². The molecule has 0 bridgehead atoms. The number of hydrogen-bond donors (Lipinski definition) is 5. The highest BCUT2D eigenvalue weighted by atomic mass is 15.2. The maximum atomic E-state index is 4.26. The van der Waals surface area contributed by atoms with Crippen LogP contribution in [0.15, 0.2) is 92.4 Å². The Kier molecular flexibility index (Phi) is 13.7. The monoisotopic (exact) mass is 876 g/mol. The summed E-state index contributed by atoms with van der Waals surface area (Å²) < 4.78 is 0. The largest absolute Gasteiger partial charge is 0.346 e. The summed E-state index contributed by atoms with van der Waals surface area (Å²) in [6.45, 7) is 32.6. The first-order valence-electron chi connectivity index (χ1n) is 21.9. The van der Waals surface area contributed by atoms with Crippen molar-refractivity contribution < 1.29 is 0 Å². The molecule has 340 valence electrons. The second kappa shape index (κ2) is 18.7. The molecule has 15 nitrogen and oxygen atoms in total. The molecule has 0 atom stereocenters. The number of hydrogen-bond acceptors (Lipinski definition) is 10. The van der Waals surface area contributed by atoms with Gasteiger partial charge in [-0.1, -0.05) is 104 Å². The van der Waals surface area contributed by atoms with E-state index in [1.54, 1.807) is 31.1 Å². The third-order valence-electron chi connectivity index (χ3n) is 10.6. The van der Waals surface area contributed by atoms with Gasteiger partial charge in [-0.3, -0.25) is 10.2 Å². The molecule has 15 heteroatoms. The van der Waals surface area contributed by atoms with Crippen LogP contribution < -0.4 is 0 Å². The standard InChI is InChI=1S/C11H14N2.3C10H13N3.C9H12N4/c1-11(2,3)9-7-13-10-8(9)5-4-6-12-10;1-10(2,3)8-5-12-9-7(8)4-11-6-13-9;1-10(2,3)8-6-11-9-7(8)4-5-12-13-9;1-10(2,3)8-7-5-4-6-11-9(7)13-12-8;1-9(2,3)7-6-8(13-12-7)11-5-4-10-6/h4-7H,1-3H3,(H,12,13);4-6H,1-3H3,(H,11,12,13);4-6H,1-3H3,(H,11,13);4-6H,1-3H3,(H,11,12,13);4-5H,1-3H3,(H,11,12,13). The predicted molar refractivity (Wildman–Crippen MR) is 263 cm³/mol. The highest BCUT2D eigenvalue weighted by molar-refractivity contribution is 5.82. The molecule has 10 heterocycles. The fourth-order valence-electron chi connectivity index (χ4n) is 7.25. The van der Waals surface area contributed by atoms with Crippen molar-refractivity contribution in [2.75, 3.05) is 0 Å². The van der Waals surface area contributed by atoms with Crippen molar-refractivity contribution in [3.8, 4) is 0 Å². The van der Waals surface area contributed by atoms with Crippen LogP contribution in [0.5, 0.6) is 0 Å². The minimum atomic E-state index is 0.0325. The van der Waals surface area contributed by atoms with Crippen molar-refractivity contribution in [3.05, 3.63) is 121 Å². The Bertz CT molecular complexity index is 2600. The molecule has 0 spiro atoms. The molecule has 0 aliphatic heterocycles. The van der Waals surface area contributed by atoms with Crippen molar-refractivity contribution in [3.63, 3.8) is 0 Å². The van der Waals surface area contributed by atoms with Gasteiger partial charge in [-0.25, -0.2) is 29.9 Å². The van der Waals surface area contributed by atoms with Gasteiger partial charge in [0.15, 0.2) is 16.9 Å². The number of aromatic amines is 5. The molecule has 0 aliphatic carbocycles. The van der Waals surface area contributed by atoms with E-state index in [1.165, 1.54) is 27.5 Å². The van der Waals surface area contributed by atoms with Crippen molar-refractivity contribution in [1.82, 2.24) is 75.4 Å². The third-order valence-corrected chi connectivity index (χ3v) is 10.6. The molecular weight excluding hydrogens is 811 g/mol. The van der Waals surface area contributed by atoms with E-state index in [2.05, 4.69) is 192 Å². The van der Waals surface area contributed by atoms with Gasteiger partial charge in [-0.05, 0) is 63.3 Å². The Morgan fingerprint density at radius 2 is 0.908 bits per heavy atom. The van der Waals surface area contributed by atoms with E-state index >= 15 is 0 Å². The predicted octanol–water partition coefficient (Wildman–Crippen LogP) is 11.3. The summed E-state index contributed by atoms with van der Waals surface area (Å²) in [6.07, 6.45) is 18.1. The van der Waals surface area contributed by atoms with Crippen molar-refractivity contribution >= 4 is 55.3 Å². The first-order chi connectivity index (χ1) is 30.4. The second-order valence-corrected chi connectivity index (χ2v) is 21.1. The molecule has 0 amide bonds. The SMILES string of the molecule is CC(C)(C)c1[nH]nc2ncccc12.CC(C)(C)c1[nH]nc2nccnc12.CC(C)(C)c1c[nH]c2ncccc12.CC(C)(C)c1c[nH]c2ncncc12.CC(C)(C)c1c[nH]c2nnccc12. The van der Waals surface area contributed by atoms with Gasteiger partial charge in [-0.15, -0.1) is 5.10 Å². The zero-order chi connectivity index (χ0) is 47.4. The van der Waals surface area contributed by atoms with Crippen LogP contribution in [0, 0.1) is 0 Å². The maximum absolute atomic E-state index is 4.26. The van der Waals surface area contributed by atoms with Gasteiger partial charge < -0.3 is 15.0 Å². The normalized spacial score (nSPS) is 12.2. The minimum Gasteiger partial charge on any atom is -0.346 e. The summed E-state index contributed by atoms with van der Waals surface area (Å²) in [5.41, 5.74) is 11.8. The molecule has 0 fully saturated rings. The lowest BCUT2D eigenvalue weighted by Crippen LogP contribution is -2.12. The molecule has 0 saturated carbocycles. The molecule has 0 radical (unpaired) electrons. The van der Waals surface area contributed by atoms with Gasteiger partial charge in [0.2, 0.25) is 0 Å². The van der Waals surface area contributed by atoms with Crippen LogP contribution in [0.3, 0.4) is 0 Å². The number of fused-ring (bicyclic) bond motifs is 5. The van der Waals surface area contributed by atoms with E-state index in [9.17, 15) is 0 Å². The molecule has 0 aliphatic rings. The maximum Gasteiger partial charge on any atom is 0.199 e. The topological polar surface area (TPSA) is 208 Å². The smallest absolute Gasteiger partial charge is 0.199 e. The first kappa shape index (κ1) is 47.6. The molecule has 0 saturated heterocycles. The summed E-state index contributed by atoms with van der Waals surface area (Å²) >= 11 is 0.